The zero-order valence-corrected chi connectivity index (χ0v) is 12.2. The third-order valence-corrected chi connectivity index (χ3v) is 4.49. The van der Waals surface area contributed by atoms with Crippen molar-refractivity contribution < 1.29 is 0 Å². The first-order chi connectivity index (χ1) is 10.2. The molecular formula is C12H16N8S. The van der Waals surface area contributed by atoms with Crippen LogP contribution in [-0.4, -0.2) is 24.7 Å². The summed E-state index contributed by atoms with van der Waals surface area (Å²) in [6, 6.07) is 2.30. The predicted molar refractivity (Wildman–Crippen MR) is 78.6 cm³/mol. The lowest BCUT2D eigenvalue weighted by molar-refractivity contribution is 0.626. The first kappa shape index (κ1) is 12.8. The molecule has 9 heteroatoms. The lowest BCUT2D eigenvalue weighted by atomic mass is 10.4. The highest BCUT2D eigenvalue weighted by Crippen LogP contribution is 2.46. The van der Waals surface area contributed by atoms with Crippen molar-refractivity contribution in [2.24, 2.45) is 5.84 Å². The molecule has 0 aromatic carbocycles. The second-order valence-electron chi connectivity index (χ2n) is 5.41. The van der Waals surface area contributed by atoms with Crippen LogP contribution in [0.2, 0.25) is 0 Å². The molecule has 2 saturated carbocycles. The number of hydrazine groups is 1. The summed E-state index contributed by atoms with van der Waals surface area (Å²) >= 11 is 1.45. The average Bonchev–Trinajstić information content (AvgIpc) is 3.37. The van der Waals surface area contributed by atoms with Crippen molar-refractivity contribution in [1.29, 1.82) is 0 Å². The average molecular weight is 304 g/mol. The van der Waals surface area contributed by atoms with Gasteiger partial charge >= 0.3 is 0 Å². The quantitative estimate of drug-likeness (QED) is 0.429. The number of hydrogen-bond acceptors (Lipinski definition) is 8. The Morgan fingerprint density at radius 1 is 1.19 bits per heavy atom. The van der Waals surface area contributed by atoms with Gasteiger partial charge in [-0.2, -0.15) is 4.98 Å². The van der Waals surface area contributed by atoms with Gasteiger partial charge in [0.15, 0.2) is 5.16 Å². The molecule has 2 aromatic rings. The first-order valence-electron chi connectivity index (χ1n) is 6.98. The maximum absolute atomic E-state index is 5.69. The number of nitrogen functional groups attached to an aromatic ring is 2. The molecular weight excluding hydrogens is 288 g/mol. The summed E-state index contributed by atoms with van der Waals surface area (Å²) in [5.41, 5.74) is 8.18. The third-order valence-electron chi connectivity index (χ3n) is 3.61. The van der Waals surface area contributed by atoms with Crippen LogP contribution in [0.5, 0.6) is 0 Å². The smallest absolute Gasteiger partial charge is 0.223 e. The molecule has 0 unspecified atom stereocenters. The molecule has 0 bridgehead atoms. The molecule has 2 aromatic heterocycles. The van der Waals surface area contributed by atoms with E-state index in [2.05, 4.69) is 30.2 Å². The number of aromatic nitrogens is 5. The molecule has 0 saturated heterocycles. The Morgan fingerprint density at radius 2 is 2.00 bits per heavy atom. The van der Waals surface area contributed by atoms with E-state index in [0.29, 0.717) is 22.8 Å². The van der Waals surface area contributed by atoms with Crippen LogP contribution in [0.4, 0.5) is 11.8 Å². The predicted octanol–water partition coefficient (Wildman–Crippen LogP) is 1.30. The van der Waals surface area contributed by atoms with Crippen molar-refractivity contribution >= 4 is 23.5 Å². The van der Waals surface area contributed by atoms with Gasteiger partial charge in [0.25, 0.3) is 0 Å². The van der Waals surface area contributed by atoms with E-state index in [4.69, 9.17) is 11.6 Å². The molecule has 21 heavy (non-hydrogen) atoms. The van der Waals surface area contributed by atoms with Crippen molar-refractivity contribution in [3.8, 4) is 0 Å². The first-order valence-corrected chi connectivity index (χ1v) is 7.80. The van der Waals surface area contributed by atoms with Gasteiger partial charge in [0, 0.05) is 18.0 Å². The molecule has 2 heterocycles. The number of nitrogens with two attached hydrogens (primary N) is 2. The highest BCUT2D eigenvalue weighted by Gasteiger charge is 2.36. The highest BCUT2D eigenvalue weighted by atomic mass is 32.2. The molecule has 0 spiro atoms. The van der Waals surface area contributed by atoms with Crippen LogP contribution in [0, 0.1) is 0 Å². The standard InChI is InChI=1S/C12H16N8S/c13-11-15-8(17-14)5-9(16-11)21-12-19-18-10(6-1-2-6)20(12)7-3-4-7/h5-7H,1-4,14H2,(H3,13,15,16,17). The second kappa shape index (κ2) is 4.85. The van der Waals surface area contributed by atoms with E-state index < -0.39 is 0 Å². The summed E-state index contributed by atoms with van der Waals surface area (Å²) in [7, 11) is 0. The Bertz CT molecular complexity index is 676. The van der Waals surface area contributed by atoms with Crippen molar-refractivity contribution in [2.45, 2.75) is 47.8 Å². The normalized spacial score (nSPS) is 18.0. The van der Waals surface area contributed by atoms with E-state index >= 15 is 0 Å². The van der Waals surface area contributed by atoms with Gasteiger partial charge in [0.1, 0.15) is 16.7 Å². The van der Waals surface area contributed by atoms with Crippen LogP contribution in [0.3, 0.4) is 0 Å². The number of nitrogens with one attached hydrogen (secondary N) is 1. The summed E-state index contributed by atoms with van der Waals surface area (Å²) in [6.45, 7) is 0. The molecule has 2 fully saturated rings. The van der Waals surface area contributed by atoms with Crippen molar-refractivity contribution in [3.05, 3.63) is 11.9 Å². The minimum Gasteiger partial charge on any atom is -0.368 e. The van der Waals surface area contributed by atoms with Crippen LogP contribution in [-0.2, 0) is 0 Å². The van der Waals surface area contributed by atoms with Gasteiger partial charge in [-0.05, 0) is 37.4 Å². The van der Waals surface area contributed by atoms with Gasteiger partial charge in [0.05, 0.1) is 0 Å². The molecule has 110 valence electrons. The van der Waals surface area contributed by atoms with Gasteiger partial charge in [0.2, 0.25) is 5.95 Å². The molecule has 0 radical (unpaired) electrons. The van der Waals surface area contributed by atoms with Gasteiger partial charge in [-0.3, -0.25) is 0 Å². The zero-order valence-electron chi connectivity index (χ0n) is 11.4. The van der Waals surface area contributed by atoms with E-state index in [1.165, 1.54) is 37.4 Å². The van der Waals surface area contributed by atoms with Gasteiger partial charge in [-0.1, -0.05) is 0 Å². The topological polar surface area (TPSA) is 121 Å². The molecule has 4 rings (SSSR count). The maximum atomic E-state index is 5.69. The molecule has 2 aliphatic rings. The third kappa shape index (κ3) is 2.54. The van der Waals surface area contributed by atoms with E-state index in [-0.39, 0.29) is 5.95 Å². The number of nitrogens with zero attached hydrogens (tertiary/aromatic N) is 5. The van der Waals surface area contributed by atoms with E-state index in [1.54, 1.807) is 6.07 Å². The highest BCUT2D eigenvalue weighted by molar-refractivity contribution is 7.99. The number of hydrogen-bond donors (Lipinski definition) is 3. The molecule has 0 amide bonds. The zero-order chi connectivity index (χ0) is 14.4. The summed E-state index contributed by atoms with van der Waals surface area (Å²) < 4.78 is 2.27. The van der Waals surface area contributed by atoms with Crippen molar-refractivity contribution in [3.63, 3.8) is 0 Å². The van der Waals surface area contributed by atoms with Crippen LogP contribution in [0.15, 0.2) is 16.2 Å². The Labute approximate surface area is 125 Å². The van der Waals surface area contributed by atoms with Crippen LogP contribution < -0.4 is 17.0 Å². The number of anilines is 2. The van der Waals surface area contributed by atoms with Crippen molar-refractivity contribution in [2.75, 3.05) is 11.2 Å². The maximum Gasteiger partial charge on any atom is 0.223 e. The molecule has 0 atom stereocenters. The monoisotopic (exact) mass is 304 g/mol. The minimum atomic E-state index is 0.188. The van der Waals surface area contributed by atoms with Gasteiger partial charge in [-0.15, -0.1) is 10.2 Å². The largest absolute Gasteiger partial charge is 0.368 e. The Hall–Kier alpha value is -1.87. The Kier molecular flexibility index (Phi) is 2.96. The second-order valence-corrected chi connectivity index (χ2v) is 6.40. The molecule has 8 nitrogen and oxygen atoms in total. The fraction of sp³-hybridized carbons (Fsp3) is 0.500. The van der Waals surface area contributed by atoms with E-state index in [0.717, 1.165) is 11.0 Å². The summed E-state index contributed by atoms with van der Waals surface area (Å²) in [5.74, 6) is 7.77. The molecule has 2 aliphatic carbocycles. The van der Waals surface area contributed by atoms with Gasteiger partial charge < -0.3 is 15.7 Å². The Morgan fingerprint density at radius 3 is 2.67 bits per heavy atom. The van der Waals surface area contributed by atoms with E-state index in [9.17, 15) is 0 Å². The van der Waals surface area contributed by atoms with Gasteiger partial charge in [-0.25, -0.2) is 10.8 Å². The fourth-order valence-electron chi connectivity index (χ4n) is 2.32. The SMILES string of the molecule is NNc1cc(Sc2nnc(C3CC3)n2C2CC2)nc(N)n1. The lowest BCUT2D eigenvalue weighted by Crippen LogP contribution is -2.10. The number of rotatable bonds is 5. The lowest BCUT2D eigenvalue weighted by Gasteiger charge is -2.08. The fourth-order valence-corrected chi connectivity index (χ4v) is 3.24. The van der Waals surface area contributed by atoms with E-state index in [1.807, 2.05) is 0 Å². The molecule has 5 N–H and O–H groups in total. The van der Waals surface area contributed by atoms with Crippen molar-refractivity contribution in [1.82, 2.24) is 24.7 Å². The van der Waals surface area contributed by atoms with Crippen LogP contribution in [0.25, 0.3) is 0 Å². The Balaban J connectivity index is 1.66. The summed E-state index contributed by atoms with van der Waals surface area (Å²) in [4.78, 5) is 8.20. The molecule has 0 aliphatic heterocycles. The minimum absolute atomic E-state index is 0.188. The summed E-state index contributed by atoms with van der Waals surface area (Å²) in [6.07, 6.45) is 4.84. The van der Waals surface area contributed by atoms with Crippen LogP contribution in [0.1, 0.15) is 43.5 Å². The summed E-state index contributed by atoms with van der Waals surface area (Å²) in [5, 5.41) is 10.3. The van der Waals surface area contributed by atoms with Crippen LogP contribution >= 0.6 is 11.8 Å².